The van der Waals surface area contributed by atoms with Crippen molar-refractivity contribution in [3.05, 3.63) is 108 Å². The normalized spacial score (nSPS) is 12.8. The van der Waals surface area contributed by atoms with Crippen LogP contribution in [0.15, 0.2) is 91.6 Å². The predicted molar refractivity (Wildman–Crippen MR) is 153 cm³/mol. The summed E-state index contributed by atoms with van der Waals surface area (Å²) < 4.78 is 34.9. The monoisotopic (exact) mass is 568 g/mol. The minimum Gasteiger partial charge on any atom is -0.508 e. The van der Waals surface area contributed by atoms with Crippen LogP contribution in [0.5, 0.6) is 17.2 Å². The zero-order valence-corrected chi connectivity index (χ0v) is 23.4. The maximum absolute atomic E-state index is 9.64. The van der Waals surface area contributed by atoms with Crippen LogP contribution in [-0.2, 0) is 27.8 Å². The summed E-state index contributed by atoms with van der Waals surface area (Å²) in [6, 6.07) is 19.4. The van der Waals surface area contributed by atoms with Gasteiger partial charge in [-0.25, -0.2) is 0 Å². The van der Waals surface area contributed by atoms with Crippen molar-refractivity contribution in [2.45, 2.75) is 20.8 Å². The standard InChI is InChI=1S/C30H33O9P/c1-4-34-28(22-7-13-25(31)14-8-22)19-37-40(38-20-29(35-5-2)23-9-15-26(32)16-10-23)39-21-30(36-6-3)24-11-17-27(33)18-12-24/h7-21,31-33H,4-6H2,1-3H3. The highest BCUT2D eigenvalue weighted by Gasteiger charge is 2.18. The summed E-state index contributed by atoms with van der Waals surface area (Å²) in [6.45, 7) is 6.65. The Kier molecular flexibility index (Phi) is 11.9. The third-order valence-electron chi connectivity index (χ3n) is 5.09. The van der Waals surface area contributed by atoms with E-state index in [9.17, 15) is 15.3 Å². The predicted octanol–water partition coefficient (Wildman–Crippen LogP) is 7.49. The van der Waals surface area contributed by atoms with E-state index in [1.165, 1.54) is 18.8 Å². The van der Waals surface area contributed by atoms with E-state index in [2.05, 4.69) is 0 Å². The highest BCUT2D eigenvalue weighted by molar-refractivity contribution is 7.42. The highest BCUT2D eigenvalue weighted by atomic mass is 31.2. The van der Waals surface area contributed by atoms with Crippen LogP contribution in [0.25, 0.3) is 17.3 Å². The SMILES string of the molecule is CCOC(=COP(OC=C(OCC)c1ccc(O)cc1)OC=C(OCC)c1ccc(O)cc1)c1ccc(O)cc1. The second-order valence-corrected chi connectivity index (χ2v) is 9.01. The molecule has 0 radical (unpaired) electrons. The second kappa shape index (κ2) is 15.8. The molecule has 0 aliphatic carbocycles. The summed E-state index contributed by atoms with van der Waals surface area (Å²) in [5.41, 5.74) is 2.04. The summed E-state index contributed by atoms with van der Waals surface area (Å²) in [6.07, 6.45) is 4.14. The molecule has 0 spiro atoms. The number of phenolic OH excluding ortho intramolecular Hbond substituents is 3. The molecule has 0 amide bonds. The minimum atomic E-state index is -2.10. The first-order valence-corrected chi connectivity index (χ1v) is 13.7. The molecule has 10 heteroatoms. The van der Waals surface area contributed by atoms with E-state index in [1.54, 1.807) is 72.8 Å². The molecule has 3 rings (SSSR count). The van der Waals surface area contributed by atoms with Gasteiger partial charge in [0.1, 0.15) is 36.0 Å². The minimum absolute atomic E-state index is 0.125. The van der Waals surface area contributed by atoms with Gasteiger partial charge in [0.15, 0.2) is 17.3 Å². The molecule has 0 bridgehead atoms. The Morgan fingerprint density at radius 3 is 0.975 bits per heavy atom. The largest absolute Gasteiger partial charge is 0.528 e. The van der Waals surface area contributed by atoms with Crippen molar-refractivity contribution < 1.29 is 43.1 Å². The second-order valence-electron chi connectivity index (χ2n) is 7.93. The summed E-state index contributed by atoms with van der Waals surface area (Å²) >= 11 is 0. The molecule has 0 saturated heterocycles. The maximum Gasteiger partial charge on any atom is 0.528 e. The first-order valence-electron chi connectivity index (χ1n) is 12.6. The van der Waals surface area contributed by atoms with Gasteiger partial charge in [-0.15, -0.1) is 0 Å². The number of benzene rings is 3. The Balaban J connectivity index is 1.92. The smallest absolute Gasteiger partial charge is 0.508 e. The number of ether oxygens (including phenoxy) is 3. The van der Waals surface area contributed by atoms with Crippen molar-refractivity contribution in [2.24, 2.45) is 0 Å². The molecule has 0 saturated carbocycles. The fourth-order valence-electron chi connectivity index (χ4n) is 3.25. The van der Waals surface area contributed by atoms with E-state index in [-0.39, 0.29) is 17.2 Å². The number of aromatic hydroxyl groups is 3. The number of phenols is 3. The number of rotatable bonds is 15. The zero-order chi connectivity index (χ0) is 28.7. The van der Waals surface area contributed by atoms with E-state index in [0.29, 0.717) is 53.8 Å². The van der Waals surface area contributed by atoms with Crippen molar-refractivity contribution in [2.75, 3.05) is 19.8 Å². The first-order chi connectivity index (χ1) is 19.4. The molecule has 3 N–H and O–H groups in total. The van der Waals surface area contributed by atoms with Crippen LogP contribution < -0.4 is 0 Å². The number of hydrogen-bond acceptors (Lipinski definition) is 9. The summed E-state index contributed by atoms with van der Waals surface area (Å²) in [7, 11) is -2.10. The van der Waals surface area contributed by atoms with Crippen LogP contribution in [0.2, 0.25) is 0 Å². The average Bonchev–Trinajstić information content (AvgIpc) is 2.96. The molecule has 0 aliphatic heterocycles. The van der Waals surface area contributed by atoms with Gasteiger partial charge < -0.3 is 43.1 Å². The van der Waals surface area contributed by atoms with Crippen LogP contribution >= 0.6 is 8.60 Å². The van der Waals surface area contributed by atoms with Crippen molar-refractivity contribution in [1.29, 1.82) is 0 Å². The molecule has 0 heterocycles. The summed E-state index contributed by atoms with van der Waals surface area (Å²) in [4.78, 5) is 0. The van der Waals surface area contributed by atoms with Crippen LogP contribution in [0.3, 0.4) is 0 Å². The van der Waals surface area contributed by atoms with Gasteiger partial charge in [0.25, 0.3) is 0 Å². The topological polar surface area (TPSA) is 116 Å². The molecule has 212 valence electrons. The molecule has 0 atom stereocenters. The lowest BCUT2D eigenvalue weighted by Gasteiger charge is -2.16. The Morgan fingerprint density at radius 1 is 0.500 bits per heavy atom. The maximum atomic E-state index is 9.64. The lowest BCUT2D eigenvalue weighted by atomic mass is 10.2. The van der Waals surface area contributed by atoms with Gasteiger partial charge in [-0.1, -0.05) is 0 Å². The molecule has 0 fully saturated rings. The fraction of sp³-hybridized carbons (Fsp3) is 0.200. The first kappa shape index (κ1) is 30.1. The molecule has 0 aliphatic rings. The lowest BCUT2D eigenvalue weighted by Crippen LogP contribution is -1.96. The van der Waals surface area contributed by atoms with Crippen LogP contribution in [0.1, 0.15) is 37.5 Å². The van der Waals surface area contributed by atoms with Crippen LogP contribution in [0.4, 0.5) is 0 Å². The zero-order valence-electron chi connectivity index (χ0n) is 22.5. The lowest BCUT2D eigenvalue weighted by molar-refractivity contribution is 0.254. The molecule has 3 aromatic rings. The van der Waals surface area contributed by atoms with Crippen LogP contribution in [-0.4, -0.2) is 35.1 Å². The van der Waals surface area contributed by atoms with E-state index >= 15 is 0 Å². The van der Waals surface area contributed by atoms with E-state index in [4.69, 9.17) is 27.8 Å². The van der Waals surface area contributed by atoms with Crippen LogP contribution in [0, 0.1) is 0 Å². The van der Waals surface area contributed by atoms with Gasteiger partial charge in [-0.2, -0.15) is 0 Å². The van der Waals surface area contributed by atoms with E-state index in [0.717, 1.165) is 0 Å². The Hall–Kier alpha value is -4.49. The van der Waals surface area contributed by atoms with Gasteiger partial charge in [-0.3, -0.25) is 0 Å². The number of hydrogen-bond donors (Lipinski definition) is 3. The van der Waals surface area contributed by atoms with E-state index in [1.807, 2.05) is 20.8 Å². The van der Waals surface area contributed by atoms with Gasteiger partial charge in [0, 0.05) is 16.7 Å². The van der Waals surface area contributed by atoms with Gasteiger partial charge in [0.2, 0.25) is 0 Å². The average molecular weight is 569 g/mol. The third kappa shape index (κ3) is 9.36. The Labute approximate surface area is 235 Å². The third-order valence-corrected chi connectivity index (χ3v) is 5.93. The molecule has 3 aromatic carbocycles. The van der Waals surface area contributed by atoms with Crippen molar-refractivity contribution in [1.82, 2.24) is 0 Å². The Morgan fingerprint density at radius 2 is 0.750 bits per heavy atom. The molecule has 0 unspecified atom stereocenters. The van der Waals surface area contributed by atoms with Gasteiger partial charge >= 0.3 is 8.60 Å². The van der Waals surface area contributed by atoms with Crippen molar-refractivity contribution in [3.8, 4) is 17.2 Å². The summed E-state index contributed by atoms with van der Waals surface area (Å²) in [5, 5.41) is 28.9. The van der Waals surface area contributed by atoms with Crippen molar-refractivity contribution in [3.63, 3.8) is 0 Å². The molecule has 40 heavy (non-hydrogen) atoms. The molecular formula is C30H33O9P. The molecular weight excluding hydrogens is 535 g/mol. The Bertz CT molecular complexity index is 1110. The molecule has 0 aromatic heterocycles. The summed E-state index contributed by atoms with van der Waals surface area (Å²) in [5.74, 6) is 1.59. The van der Waals surface area contributed by atoms with E-state index < -0.39 is 8.60 Å². The highest BCUT2D eigenvalue weighted by Crippen LogP contribution is 2.43. The van der Waals surface area contributed by atoms with Gasteiger partial charge in [-0.05, 0) is 93.6 Å². The fourth-order valence-corrected chi connectivity index (χ4v) is 3.94. The van der Waals surface area contributed by atoms with Crippen molar-refractivity contribution >= 4 is 25.9 Å². The quantitative estimate of drug-likeness (QED) is 0.127. The molecule has 9 nitrogen and oxygen atoms in total. The van der Waals surface area contributed by atoms with Gasteiger partial charge in [0.05, 0.1) is 19.8 Å².